The largest absolute Gasteiger partial charge is 0.480 e. The molecular weight excluding hydrogens is 410 g/mol. The normalized spacial score (nSPS) is 13.7. The minimum Gasteiger partial charge on any atom is -0.480 e. The average molecular weight is 439 g/mol. The lowest BCUT2D eigenvalue weighted by Gasteiger charge is -2.24. The molecule has 0 aliphatic rings. The van der Waals surface area contributed by atoms with E-state index < -0.39 is 54.3 Å². The maximum Gasteiger partial charge on any atom is 0.322 e. The predicted octanol–water partition coefficient (Wildman–Crippen LogP) is -2.63. The van der Waals surface area contributed by atoms with Gasteiger partial charge in [-0.3, -0.25) is 24.0 Å². The number of primary amides is 1. The maximum atomic E-state index is 12.9. The number of nitrogens with one attached hydrogen (secondary N) is 4. The van der Waals surface area contributed by atoms with Gasteiger partial charge in [-0.1, -0.05) is 13.8 Å². The third-order valence-corrected chi connectivity index (χ3v) is 4.12. The van der Waals surface area contributed by atoms with Crippen molar-refractivity contribution in [3.05, 3.63) is 18.2 Å². The molecule has 0 aromatic carbocycles. The van der Waals surface area contributed by atoms with E-state index in [2.05, 4.69) is 25.9 Å². The van der Waals surface area contributed by atoms with Gasteiger partial charge in [-0.15, -0.1) is 0 Å². The fourth-order valence-electron chi connectivity index (χ4n) is 2.67. The van der Waals surface area contributed by atoms with Crippen LogP contribution in [0.3, 0.4) is 0 Å². The van der Waals surface area contributed by atoms with Crippen molar-refractivity contribution < 1.29 is 29.1 Å². The Labute approximate surface area is 178 Å². The van der Waals surface area contributed by atoms with E-state index in [0.717, 1.165) is 0 Å². The molecule has 3 atom stereocenters. The standard InChI is InChI=1S/C18H29N7O6/c1-9(2)3-12(24-16(29)11(19)5-14(20)26)18(31)25-13(4-10-6-21-8-23-10)17(30)22-7-15(27)28/h6,8-9,11-13H,3-5,7,19H2,1-2H3,(H2,20,26)(H,21,23)(H,22,30)(H,24,29)(H,25,31)(H,27,28). The molecule has 0 saturated carbocycles. The van der Waals surface area contributed by atoms with Gasteiger partial charge in [0.25, 0.3) is 0 Å². The summed E-state index contributed by atoms with van der Waals surface area (Å²) in [5.74, 6) is -4.13. The number of imidazole rings is 1. The summed E-state index contributed by atoms with van der Waals surface area (Å²) in [7, 11) is 0. The van der Waals surface area contributed by atoms with E-state index in [9.17, 15) is 24.0 Å². The number of amides is 4. The van der Waals surface area contributed by atoms with E-state index in [1.54, 1.807) is 0 Å². The molecule has 31 heavy (non-hydrogen) atoms. The highest BCUT2D eigenvalue weighted by Crippen LogP contribution is 2.07. The molecule has 0 radical (unpaired) electrons. The Hall–Kier alpha value is -3.48. The Bertz CT molecular complexity index is 780. The van der Waals surface area contributed by atoms with E-state index in [1.807, 2.05) is 13.8 Å². The zero-order valence-corrected chi connectivity index (χ0v) is 17.4. The minimum atomic E-state index is -1.24. The van der Waals surface area contributed by atoms with Crippen molar-refractivity contribution in [2.45, 2.75) is 51.2 Å². The molecule has 0 fully saturated rings. The van der Waals surface area contributed by atoms with Crippen LogP contribution in [-0.4, -0.2) is 69.3 Å². The zero-order chi connectivity index (χ0) is 23.6. The lowest BCUT2D eigenvalue weighted by Crippen LogP contribution is -2.57. The van der Waals surface area contributed by atoms with Crippen LogP contribution in [0.1, 0.15) is 32.4 Å². The molecule has 9 N–H and O–H groups in total. The summed E-state index contributed by atoms with van der Waals surface area (Å²) in [6.45, 7) is 3.04. The number of H-pyrrole nitrogens is 1. The number of hydrogen-bond acceptors (Lipinski definition) is 7. The van der Waals surface area contributed by atoms with Crippen molar-refractivity contribution in [3.63, 3.8) is 0 Å². The molecule has 0 aliphatic carbocycles. The number of aromatic amines is 1. The second-order valence-electron chi connectivity index (χ2n) is 7.42. The van der Waals surface area contributed by atoms with Crippen molar-refractivity contribution in [1.82, 2.24) is 25.9 Å². The molecule has 1 heterocycles. The predicted molar refractivity (Wildman–Crippen MR) is 108 cm³/mol. The second-order valence-corrected chi connectivity index (χ2v) is 7.42. The molecule has 0 saturated heterocycles. The van der Waals surface area contributed by atoms with Gasteiger partial charge in [-0.25, -0.2) is 4.98 Å². The van der Waals surface area contributed by atoms with Gasteiger partial charge < -0.3 is 37.5 Å². The molecule has 1 aromatic rings. The zero-order valence-electron chi connectivity index (χ0n) is 17.4. The highest BCUT2D eigenvalue weighted by Gasteiger charge is 2.29. The number of nitrogens with zero attached hydrogens (tertiary/aromatic N) is 1. The van der Waals surface area contributed by atoms with Crippen LogP contribution in [0.15, 0.2) is 12.5 Å². The van der Waals surface area contributed by atoms with Crippen LogP contribution in [0.5, 0.6) is 0 Å². The summed E-state index contributed by atoms with van der Waals surface area (Å²) in [6, 6.07) is -3.39. The Morgan fingerprint density at radius 3 is 2.26 bits per heavy atom. The first-order valence-corrected chi connectivity index (χ1v) is 9.61. The third kappa shape index (κ3) is 9.71. The van der Waals surface area contributed by atoms with Gasteiger partial charge in [0.2, 0.25) is 23.6 Å². The van der Waals surface area contributed by atoms with Crippen molar-refractivity contribution >= 4 is 29.6 Å². The van der Waals surface area contributed by atoms with Gasteiger partial charge in [0.15, 0.2) is 0 Å². The molecule has 13 nitrogen and oxygen atoms in total. The Kier molecular flexibility index (Phi) is 10.1. The third-order valence-electron chi connectivity index (χ3n) is 4.12. The van der Waals surface area contributed by atoms with Crippen molar-refractivity contribution in [1.29, 1.82) is 0 Å². The first-order chi connectivity index (χ1) is 14.5. The molecule has 172 valence electrons. The van der Waals surface area contributed by atoms with Crippen molar-refractivity contribution in [3.8, 4) is 0 Å². The lowest BCUT2D eigenvalue weighted by molar-refractivity contribution is -0.138. The minimum absolute atomic E-state index is 0.00434. The van der Waals surface area contributed by atoms with Gasteiger partial charge in [0.1, 0.15) is 18.6 Å². The summed E-state index contributed by atoms with van der Waals surface area (Å²) in [5, 5.41) is 16.0. The molecule has 1 aromatic heterocycles. The maximum absolute atomic E-state index is 12.9. The van der Waals surface area contributed by atoms with E-state index in [4.69, 9.17) is 16.6 Å². The quantitative estimate of drug-likeness (QED) is 0.172. The van der Waals surface area contributed by atoms with Crippen LogP contribution in [0.4, 0.5) is 0 Å². The number of carbonyl (C=O) groups excluding carboxylic acids is 4. The Morgan fingerprint density at radius 2 is 1.74 bits per heavy atom. The van der Waals surface area contributed by atoms with Crippen LogP contribution in [0.25, 0.3) is 0 Å². The van der Waals surface area contributed by atoms with E-state index in [-0.39, 0.29) is 25.2 Å². The monoisotopic (exact) mass is 439 g/mol. The van der Waals surface area contributed by atoms with Crippen LogP contribution in [0.2, 0.25) is 0 Å². The van der Waals surface area contributed by atoms with Crippen LogP contribution >= 0.6 is 0 Å². The van der Waals surface area contributed by atoms with Crippen molar-refractivity contribution in [2.75, 3.05) is 6.54 Å². The molecule has 0 aliphatic heterocycles. The molecule has 0 spiro atoms. The highest BCUT2D eigenvalue weighted by molar-refractivity contribution is 5.94. The number of carboxylic acid groups (broad SMARTS) is 1. The summed E-state index contributed by atoms with van der Waals surface area (Å²) in [5.41, 5.74) is 11.2. The smallest absolute Gasteiger partial charge is 0.322 e. The first kappa shape index (κ1) is 25.6. The molecular formula is C18H29N7O6. The first-order valence-electron chi connectivity index (χ1n) is 9.61. The lowest BCUT2D eigenvalue weighted by atomic mass is 10.0. The number of aliphatic carboxylic acids is 1. The van der Waals surface area contributed by atoms with Gasteiger partial charge in [-0.2, -0.15) is 0 Å². The van der Waals surface area contributed by atoms with Crippen LogP contribution < -0.4 is 27.4 Å². The molecule has 4 amide bonds. The molecule has 3 unspecified atom stereocenters. The van der Waals surface area contributed by atoms with Gasteiger partial charge >= 0.3 is 5.97 Å². The van der Waals surface area contributed by atoms with E-state index in [0.29, 0.717) is 5.69 Å². The van der Waals surface area contributed by atoms with Crippen LogP contribution in [-0.2, 0) is 30.4 Å². The number of rotatable bonds is 13. The Morgan fingerprint density at radius 1 is 1.10 bits per heavy atom. The van der Waals surface area contributed by atoms with E-state index >= 15 is 0 Å². The summed E-state index contributed by atoms with van der Waals surface area (Å²) < 4.78 is 0. The van der Waals surface area contributed by atoms with Gasteiger partial charge in [0.05, 0.1) is 18.8 Å². The summed E-state index contributed by atoms with van der Waals surface area (Å²) >= 11 is 0. The topological polar surface area (TPSA) is 222 Å². The van der Waals surface area contributed by atoms with Gasteiger partial charge in [0, 0.05) is 18.3 Å². The molecule has 0 bridgehead atoms. The number of aromatic nitrogens is 2. The fourth-order valence-corrected chi connectivity index (χ4v) is 2.67. The average Bonchev–Trinajstić information content (AvgIpc) is 3.17. The summed E-state index contributed by atoms with van der Waals surface area (Å²) in [6.07, 6.45) is 2.71. The molecule has 13 heteroatoms. The number of nitrogens with two attached hydrogens (primary N) is 2. The number of hydrogen-bond donors (Lipinski definition) is 7. The van der Waals surface area contributed by atoms with Gasteiger partial charge in [-0.05, 0) is 12.3 Å². The van der Waals surface area contributed by atoms with Crippen LogP contribution in [0, 0.1) is 5.92 Å². The Balaban J connectivity index is 2.93. The molecule has 1 rings (SSSR count). The SMILES string of the molecule is CC(C)CC(NC(=O)C(N)CC(N)=O)C(=O)NC(Cc1cnc[nH]1)C(=O)NCC(=O)O. The second kappa shape index (κ2) is 12.3. The highest BCUT2D eigenvalue weighted by atomic mass is 16.4. The number of carboxylic acids is 1. The van der Waals surface area contributed by atoms with Crippen molar-refractivity contribution in [2.24, 2.45) is 17.4 Å². The number of carbonyl (C=O) groups is 5. The fraction of sp³-hybridized carbons (Fsp3) is 0.556. The summed E-state index contributed by atoms with van der Waals surface area (Å²) in [4.78, 5) is 65.9. The van der Waals surface area contributed by atoms with E-state index in [1.165, 1.54) is 12.5 Å².